The number of allylic oxidation sites excluding steroid dienone is 1. The van der Waals surface area contributed by atoms with E-state index in [2.05, 4.69) is 11.2 Å². The van der Waals surface area contributed by atoms with Crippen LogP contribution < -0.4 is 24.7 Å². The van der Waals surface area contributed by atoms with Crippen LogP contribution in [0.2, 0.25) is 0 Å². The molecule has 1 aliphatic heterocycles. The predicted molar refractivity (Wildman–Crippen MR) is 114 cm³/mol. The third-order valence-corrected chi connectivity index (χ3v) is 5.28. The molecule has 3 aromatic rings. The van der Waals surface area contributed by atoms with Crippen molar-refractivity contribution in [2.45, 2.75) is 12.8 Å². The molecule has 0 amide bonds. The first-order valence-electron chi connectivity index (χ1n) is 9.57. The van der Waals surface area contributed by atoms with Crippen molar-refractivity contribution in [2.24, 2.45) is 5.73 Å². The zero-order chi connectivity index (χ0) is 22.1. The molecule has 1 aromatic heterocycles. The van der Waals surface area contributed by atoms with Crippen LogP contribution in [0.4, 0.5) is 0 Å². The number of para-hydroxylation sites is 1. The summed E-state index contributed by atoms with van der Waals surface area (Å²) in [5.41, 5.74) is 9.43. The molecule has 0 unspecified atom stereocenters. The topological polar surface area (TPSA) is 105 Å². The van der Waals surface area contributed by atoms with Gasteiger partial charge in [-0.2, -0.15) is 10.4 Å². The number of nitrogens with two attached hydrogens (primary N) is 1. The fraction of sp³-hybridized carbons (Fsp3) is 0.217. The number of benzene rings is 2. The Balaban J connectivity index is 2.01. The molecule has 8 nitrogen and oxygen atoms in total. The molecule has 0 saturated heterocycles. The Labute approximate surface area is 180 Å². The second-order valence-corrected chi connectivity index (χ2v) is 6.90. The number of aryl methyl sites for hydroxylation is 1. The monoisotopic (exact) mass is 418 g/mol. The van der Waals surface area contributed by atoms with Gasteiger partial charge in [0.25, 0.3) is 0 Å². The van der Waals surface area contributed by atoms with Crippen LogP contribution in [-0.4, -0.2) is 31.1 Å². The van der Waals surface area contributed by atoms with Crippen molar-refractivity contribution in [1.29, 1.82) is 5.26 Å². The summed E-state index contributed by atoms with van der Waals surface area (Å²) in [5.74, 6) is 1.33. The lowest BCUT2D eigenvalue weighted by molar-refractivity contribution is 0.320. The van der Waals surface area contributed by atoms with E-state index < -0.39 is 5.92 Å². The van der Waals surface area contributed by atoms with Crippen LogP contribution in [0.5, 0.6) is 23.1 Å². The van der Waals surface area contributed by atoms with Gasteiger partial charge in [-0.05, 0) is 25.1 Å². The maximum atomic E-state index is 9.93. The molecule has 0 radical (unpaired) electrons. The van der Waals surface area contributed by atoms with Crippen LogP contribution in [0.15, 0.2) is 53.9 Å². The fourth-order valence-corrected chi connectivity index (χ4v) is 3.92. The lowest BCUT2D eigenvalue weighted by atomic mass is 9.83. The maximum absolute atomic E-state index is 9.93. The molecular weight excluding hydrogens is 396 g/mol. The van der Waals surface area contributed by atoms with Crippen LogP contribution in [-0.2, 0) is 0 Å². The molecule has 1 atom stereocenters. The van der Waals surface area contributed by atoms with Crippen molar-refractivity contribution in [3.63, 3.8) is 0 Å². The van der Waals surface area contributed by atoms with Gasteiger partial charge in [0.2, 0.25) is 17.5 Å². The Morgan fingerprint density at radius 2 is 1.74 bits per heavy atom. The molecule has 2 heterocycles. The van der Waals surface area contributed by atoms with Gasteiger partial charge in [-0.25, -0.2) is 4.68 Å². The Bertz CT molecular complexity index is 1210. The van der Waals surface area contributed by atoms with Crippen molar-refractivity contribution in [3.8, 4) is 34.9 Å². The first kappa shape index (κ1) is 20.2. The number of rotatable bonds is 5. The molecule has 158 valence electrons. The molecule has 0 spiro atoms. The molecule has 0 saturated carbocycles. The number of aromatic nitrogens is 2. The van der Waals surface area contributed by atoms with Crippen LogP contribution >= 0.6 is 0 Å². The summed E-state index contributed by atoms with van der Waals surface area (Å²) < 4.78 is 24.2. The van der Waals surface area contributed by atoms with E-state index in [0.717, 1.165) is 11.3 Å². The van der Waals surface area contributed by atoms with E-state index in [1.54, 1.807) is 25.0 Å². The highest BCUT2D eigenvalue weighted by Crippen LogP contribution is 2.50. The zero-order valence-corrected chi connectivity index (χ0v) is 17.7. The molecule has 2 N–H and O–H groups in total. The molecule has 8 heteroatoms. The molecule has 0 aliphatic carbocycles. The largest absolute Gasteiger partial charge is 0.493 e. The normalized spacial score (nSPS) is 15.0. The van der Waals surface area contributed by atoms with Gasteiger partial charge in [-0.1, -0.05) is 24.3 Å². The highest BCUT2D eigenvalue weighted by Gasteiger charge is 2.38. The summed E-state index contributed by atoms with van der Waals surface area (Å²) in [6.45, 7) is 1.87. The number of nitriles is 1. The van der Waals surface area contributed by atoms with Gasteiger partial charge >= 0.3 is 0 Å². The quantitative estimate of drug-likeness (QED) is 0.677. The van der Waals surface area contributed by atoms with E-state index >= 15 is 0 Å². The first-order valence-corrected chi connectivity index (χ1v) is 9.57. The summed E-state index contributed by atoms with van der Waals surface area (Å²) >= 11 is 0. The minimum atomic E-state index is -0.555. The number of methoxy groups -OCH3 is 3. The van der Waals surface area contributed by atoms with Crippen LogP contribution in [0, 0.1) is 18.3 Å². The van der Waals surface area contributed by atoms with Crippen molar-refractivity contribution in [3.05, 3.63) is 70.7 Å². The second kappa shape index (κ2) is 7.95. The Kier molecular flexibility index (Phi) is 5.17. The molecular formula is C23H22N4O4. The van der Waals surface area contributed by atoms with Gasteiger partial charge in [0.05, 0.1) is 44.2 Å². The molecule has 1 aliphatic rings. The maximum Gasteiger partial charge on any atom is 0.229 e. The lowest BCUT2D eigenvalue weighted by Gasteiger charge is -2.27. The van der Waals surface area contributed by atoms with Gasteiger partial charge in [-0.3, -0.25) is 0 Å². The van der Waals surface area contributed by atoms with E-state index in [-0.39, 0.29) is 11.5 Å². The molecule has 2 aromatic carbocycles. The minimum Gasteiger partial charge on any atom is -0.493 e. The summed E-state index contributed by atoms with van der Waals surface area (Å²) in [6.07, 6.45) is 0. The Hall–Kier alpha value is -4.12. The average Bonchev–Trinajstić information content (AvgIpc) is 3.13. The van der Waals surface area contributed by atoms with Crippen molar-refractivity contribution < 1.29 is 18.9 Å². The fourth-order valence-electron chi connectivity index (χ4n) is 3.92. The Morgan fingerprint density at radius 3 is 2.35 bits per heavy atom. The van der Waals surface area contributed by atoms with Crippen LogP contribution in [0.1, 0.15) is 22.7 Å². The predicted octanol–water partition coefficient (Wildman–Crippen LogP) is 3.42. The third-order valence-electron chi connectivity index (χ3n) is 5.28. The van der Waals surface area contributed by atoms with Crippen molar-refractivity contribution in [2.75, 3.05) is 21.3 Å². The van der Waals surface area contributed by atoms with Gasteiger partial charge in [-0.15, -0.1) is 0 Å². The standard InChI is InChI=1S/C23H22N4O4/c1-13-18-19(15-10-11-17(28-2)21(30-4)20(15)29-3)16(12-24)22(25)31-23(18)27(26-13)14-8-6-5-7-9-14/h5-11,19H,25H2,1-4H3/t19-/m0/s1. The van der Waals surface area contributed by atoms with Crippen molar-refractivity contribution in [1.82, 2.24) is 9.78 Å². The average molecular weight is 418 g/mol. The minimum absolute atomic E-state index is 0.0221. The second-order valence-electron chi connectivity index (χ2n) is 6.90. The van der Waals surface area contributed by atoms with E-state index in [9.17, 15) is 5.26 Å². The third kappa shape index (κ3) is 3.11. The highest BCUT2D eigenvalue weighted by molar-refractivity contribution is 5.64. The van der Waals surface area contributed by atoms with Gasteiger partial charge in [0, 0.05) is 5.56 Å². The SMILES string of the molecule is COc1ccc([C@H]2C(C#N)=C(N)Oc3c2c(C)nn3-c2ccccc2)c(OC)c1OC. The van der Waals surface area contributed by atoms with Crippen LogP contribution in [0.3, 0.4) is 0 Å². The van der Waals surface area contributed by atoms with Crippen LogP contribution in [0.25, 0.3) is 5.69 Å². The van der Waals surface area contributed by atoms with Crippen molar-refractivity contribution >= 4 is 0 Å². The molecule has 4 rings (SSSR count). The van der Waals surface area contributed by atoms with Gasteiger partial charge in [0.1, 0.15) is 11.6 Å². The lowest BCUT2D eigenvalue weighted by Crippen LogP contribution is -2.22. The number of hydrogen-bond acceptors (Lipinski definition) is 7. The smallest absolute Gasteiger partial charge is 0.229 e. The van der Waals surface area contributed by atoms with Gasteiger partial charge in [0.15, 0.2) is 11.5 Å². The summed E-state index contributed by atoms with van der Waals surface area (Å²) in [5, 5.41) is 14.6. The number of ether oxygens (including phenoxy) is 4. The Morgan fingerprint density at radius 1 is 1.03 bits per heavy atom. The number of fused-ring (bicyclic) bond motifs is 1. The number of hydrogen-bond donors (Lipinski definition) is 1. The highest BCUT2D eigenvalue weighted by atomic mass is 16.5. The molecule has 0 fully saturated rings. The van der Waals surface area contributed by atoms with E-state index in [0.29, 0.717) is 34.4 Å². The van der Waals surface area contributed by atoms with E-state index in [4.69, 9.17) is 24.7 Å². The van der Waals surface area contributed by atoms with E-state index in [1.807, 2.05) is 43.3 Å². The van der Waals surface area contributed by atoms with Gasteiger partial charge < -0.3 is 24.7 Å². The zero-order valence-electron chi connectivity index (χ0n) is 17.7. The first-order chi connectivity index (χ1) is 15.0. The summed E-state index contributed by atoms with van der Waals surface area (Å²) in [6, 6.07) is 15.4. The molecule has 0 bridgehead atoms. The number of nitrogens with zero attached hydrogens (tertiary/aromatic N) is 3. The summed E-state index contributed by atoms with van der Waals surface area (Å²) in [7, 11) is 4.63. The summed E-state index contributed by atoms with van der Waals surface area (Å²) in [4.78, 5) is 0. The molecule has 31 heavy (non-hydrogen) atoms. The van der Waals surface area contributed by atoms with E-state index in [1.165, 1.54) is 7.11 Å².